The van der Waals surface area contributed by atoms with Gasteiger partial charge in [-0.3, -0.25) is 4.79 Å². The molecule has 1 amide bonds. The summed E-state index contributed by atoms with van der Waals surface area (Å²) in [5.74, 6) is -0.898. The number of hydrogen-bond donors (Lipinski definition) is 1. The highest BCUT2D eigenvalue weighted by molar-refractivity contribution is 6.09. The van der Waals surface area contributed by atoms with Crippen molar-refractivity contribution in [1.82, 2.24) is 0 Å². The summed E-state index contributed by atoms with van der Waals surface area (Å²) in [4.78, 5) is 14.1. The number of rotatable bonds is 4. The van der Waals surface area contributed by atoms with Crippen molar-refractivity contribution in [3.8, 4) is 5.75 Å². The van der Waals surface area contributed by atoms with Crippen LogP contribution in [0, 0.1) is 5.82 Å². The standard InChI is InChI=1S/C16H17FN2O2/c1-3-19(13-9-5-4-8-12(13)18)16(20)15-11(17)7-6-10-14(15)21-2/h4-10H,3,18H2,1-2H3. The highest BCUT2D eigenvalue weighted by Gasteiger charge is 2.24. The summed E-state index contributed by atoms with van der Waals surface area (Å²) in [7, 11) is 1.40. The maximum absolute atomic E-state index is 14.0. The summed E-state index contributed by atoms with van der Waals surface area (Å²) in [5, 5.41) is 0. The van der Waals surface area contributed by atoms with Gasteiger partial charge in [-0.15, -0.1) is 0 Å². The van der Waals surface area contributed by atoms with Gasteiger partial charge in [-0.05, 0) is 31.2 Å². The molecule has 0 aliphatic heterocycles. The van der Waals surface area contributed by atoms with Crippen molar-refractivity contribution in [3.05, 3.63) is 53.8 Å². The van der Waals surface area contributed by atoms with E-state index < -0.39 is 11.7 Å². The van der Waals surface area contributed by atoms with Crippen molar-refractivity contribution in [2.75, 3.05) is 24.3 Å². The normalized spacial score (nSPS) is 10.2. The largest absolute Gasteiger partial charge is 0.496 e. The van der Waals surface area contributed by atoms with Crippen molar-refractivity contribution >= 4 is 17.3 Å². The molecule has 0 aromatic heterocycles. The molecule has 2 N–H and O–H groups in total. The molecule has 0 bridgehead atoms. The number of ether oxygens (including phenoxy) is 1. The summed E-state index contributed by atoms with van der Waals surface area (Å²) in [6, 6.07) is 11.3. The minimum Gasteiger partial charge on any atom is -0.496 e. The van der Waals surface area contributed by atoms with Gasteiger partial charge in [-0.25, -0.2) is 4.39 Å². The third kappa shape index (κ3) is 2.81. The number of benzene rings is 2. The second-order valence-electron chi connectivity index (χ2n) is 4.43. The summed E-state index contributed by atoms with van der Waals surface area (Å²) in [5.41, 5.74) is 6.82. The van der Waals surface area contributed by atoms with Gasteiger partial charge in [0.05, 0.1) is 18.5 Å². The fourth-order valence-electron chi connectivity index (χ4n) is 2.17. The molecule has 2 rings (SSSR count). The highest BCUT2D eigenvalue weighted by Crippen LogP contribution is 2.28. The van der Waals surface area contributed by atoms with Gasteiger partial charge in [0.2, 0.25) is 0 Å². The Morgan fingerprint density at radius 3 is 2.57 bits per heavy atom. The maximum atomic E-state index is 14.0. The monoisotopic (exact) mass is 288 g/mol. The minimum atomic E-state index is -0.618. The molecule has 0 atom stereocenters. The predicted molar refractivity (Wildman–Crippen MR) is 81.2 cm³/mol. The van der Waals surface area contributed by atoms with Crippen molar-refractivity contribution in [1.29, 1.82) is 0 Å². The quantitative estimate of drug-likeness (QED) is 0.880. The molecule has 2 aromatic carbocycles. The van der Waals surface area contributed by atoms with Gasteiger partial charge in [0.1, 0.15) is 17.1 Å². The number of nitrogens with zero attached hydrogens (tertiary/aromatic N) is 1. The number of nitrogens with two attached hydrogens (primary N) is 1. The second-order valence-corrected chi connectivity index (χ2v) is 4.43. The molecule has 0 radical (unpaired) electrons. The van der Waals surface area contributed by atoms with E-state index in [2.05, 4.69) is 0 Å². The topological polar surface area (TPSA) is 55.6 Å². The molecule has 4 nitrogen and oxygen atoms in total. The van der Waals surface area contributed by atoms with Crippen molar-refractivity contribution in [3.63, 3.8) is 0 Å². The van der Waals surface area contributed by atoms with Crippen LogP contribution in [0.1, 0.15) is 17.3 Å². The lowest BCUT2D eigenvalue weighted by molar-refractivity contribution is 0.0981. The molecule has 2 aromatic rings. The molecule has 0 spiro atoms. The number of anilines is 2. The summed E-state index contributed by atoms with van der Waals surface area (Å²) in [6.07, 6.45) is 0. The molecule has 110 valence electrons. The Labute approximate surface area is 122 Å². The first-order valence-corrected chi connectivity index (χ1v) is 6.59. The highest BCUT2D eigenvalue weighted by atomic mass is 19.1. The molecular weight excluding hydrogens is 271 g/mol. The molecule has 0 saturated carbocycles. The lowest BCUT2D eigenvalue weighted by atomic mass is 10.1. The fourth-order valence-corrected chi connectivity index (χ4v) is 2.17. The van der Waals surface area contributed by atoms with Crippen LogP contribution >= 0.6 is 0 Å². The van der Waals surface area contributed by atoms with E-state index in [1.165, 1.54) is 24.1 Å². The number of carbonyl (C=O) groups excluding carboxylic acids is 1. The molecule has 0 unspecified atom stereocenters. The number of carbonyl (C=O) groups is 1. The van der Waals surface area contributed by atoms with Crippen LogP contribution in [0.2, 0.25) is 0 Å². The Morgan fingerprint density at radius 1 is 1.24 bits per heavy atom. The first-order chi connectivity index (χ1) is 10.1. The zero-order valence-corrected chi connectivity index (χ0v) is 12.0. The Balaban J connectivity index is 2.50. The Hall–Kier alpha value is -2.56. The average molecular weight is 288 g/mol. The van der Waals surface area contributed by atoms with Crippen molar-refractivity contribution in [2.45, 2.75) is 6.92 Å². The predicted octanol–water partition coefficient (Wildman–Crippen LogP) is 3.08. The number of halogens is 1. The van der Waals surface area contributed by atoms with E-state index in [4.69, 9.17) is 10.5 Å². The van der Waals surface area contributed by atoms with Crippen LogP contribution in [0.4, 0.5) is 15.8 Å². The molecular formula is C16H17FN2O2. The number of para-hydroxylation sites is 2. The SMILES string of the molecule is CCN(C(=O)c1c(F)cccc1OC)c1ccccc1N. The van der Waals surface area contributed by atoms with Crippen LogP contribution in [-0.2, 0) is 0 Å². The lowest BCUT2D eigenvalue weighted by Crippen LogP contribution is -2.32. The second kappa shape index (κ2) is 6.26. The molecule has 0 fully saturated rings. The Bertz CT molecular complexity index is 658. The van der Waals surface area contributed by atoms with E-state index in [1.807, 2.05) is 0 Å². The molecule has 0 saturated heterocycles. The van der Waals surface area contributed by atoms with E-state index in [1.54, 1.807) is 37.3 Å². The van der Waals surface area contributed by atoms with Crippen LogP contribution in [0.15, 0.2) is 42.5 Å². The molecule has 21 heavy (non-hydrogen) atoms. The smallest absolute Gasteiger partial charge is 0.265 e. The van der Waals surface area contributed by atoms with Gasteiger partial charge in [0.25, 0.3) is 5.91 Å². The average Bonchev–Trinajstić information content (AvgIpc) is 2.49. The summed E-state index contributed by atoms with van der Waals surface area (Å²) in [6.45, 7) is 2.17. The van der Waals surface area contributed by atoms with Gasteiger partial charge < -0.3 is 15.4 Å². The van der Waals surface area contributed by atoms with Gasteiger partial charge in [0, 0.05) is 6.54 Å². The first-order valence-electron chi connectivity index (χ1n) is 6.59. The Kier molecular flexibility index (Phi) is 4.42. The number of hydrogen-bond acceptors (Lipinski definition) is 3. The fraction of sp³-hybridized carbons (Fsp3) is 0.188. The van der Waals surface area contributed by atoms with E-state index in [0.717, 1.165) is 0 Å². The zero-order valence-electron chi connectivity index (χ0n) is 12.0. The Morgan fingerprint density at radius 2 is 1.95 bits per heavy atom. The van der Waals surface area contributed by atoms with Gasteiger partial charge >= 0.3 is 0 Å². The van der Waals surface area contributed by atoms with Crippen LogP contribution < -0.4 is 15.4 Å². The molecule has 0 heterocycles. The first kappa shape index (κ1) is 14.8. The van der Waals surface area contributed by atoms with Crippen LogP contribution in [-0.4, -0.2) is 19.6 Å². The van der Waals surface area contributed by atoms with Crippen molar-refractivity contribution < 1.29 is 13.9 Å². The number of methoxy groups -OCH3 is 1. The van der Waals surface area contributed by atoms with E-state index in [9.17, 15) is 9.18 Å². The summed E-state index contributed by atoms with van der Waals surface area (Å²) < 4.78 is 19.1. The lowest BCUT2D eigenvalue weighted by Gasteiger charge is -2.23. The zero-order chi connectivity index (χ0) is 15.4. The van der Waals surface area contributed by atoms with Gasteiger partial charge in [0.15, 0.2) is 0 Å². The van der Waals surface area contributed by atoms with Crippen LogP contribution in [0.3, 0.4) is 0 Å². The minimum absolute atomic E-state index is 0.0925. The van der Waals surface area contributed by atoms with Gasteiger partial charge in [-0.1, -0.05) is 18.2 Å². The molecule has 0 aliphatic rings. The maximum Gasteiger partial charge on any atom is 0.265 e. The van der Waals surface area contributed by atoms with E-state index >= 15 is 0 Å². The number of nitrogen functional groups attached to an aromatic ring is 1. The van der Waals surface area contributed by atoms with E-state index in [-0.39, 0.29) is 11.3 Å². The number of amides is 1. The van der Waals surface area contributed by atoms with Crippen molar-refractivity contribution in [2.24, 2.45) is 0 Å². The third-order valence-corrected chi connectivity index (χ3v) is 3.20. The summed E-state index contributed by atoms with van der Waals surface area (Å²) >= 11 is 0. The third-order valence-electron chi connectivity index (χ3n) is 3.20. The van der Waals surface area contributed by atoms with E-state index in [0.29, 0.717) is 17.9 Å². The van der Waals surface area contributed by atoms with Crippen LogP contribution in [0.25, 0.3) is 0 Å². The van der Waals surface area contributed by atoms with Crippen LogP contribution in [0.5, 0.6) is 5.75 Å². The van der Waals surface area contributed by atoms with Gasteiger partial charge in [-0.2, -0.15) is 0 Å². The molecule has 0 aliphatic carbocycles. The molecule has 5 heteroatoms.